The van der Waals surface area contributed by atoms with E-state index >= 15 is 0 Å². The smallest absolute Gasteiger partial charge is 0.132 e. The van der Waals surface area contributed by atoms with Gasteiger partial charge in [-0.2, -0.15) is 0 Å². The molecule has 1 aliphatic rings. The summed E-state index contributed by atoms with van der Waals surface area (Å²) in [7, 11) is 0. The number of benzene rings is 5. The number of hydrogen-bond acceptors (Lipinski definition) is 1. The molecule has 0 N–H and O–H groups in total. The van der Waals surface area contributed by atoms with E-state index < -0.39 is 0 Å². The molecule has 1 heterocycles. The molecule has 0 bridgehead atoms. The number of fused-ring (bicyclic) bond motifs is 6. The molecule has 5 aromatic rings. The average Bonchev–Trinajstić information content (AvgIpc) is 2.78. The van der Waals surface area contributed by atoms with Crippen LogP contribution in [0.4, 0.5) is 0 Å². The van der Waals surface area contributed by atoms with E-state index in [9.17, 15) is 0 Å². The van der Waals surface area contributed by atoms with E-state index in [0.717, 1.165) is 16.0 Å². The quantitative estimate of drug-likeness (QED) is 0.253. The van der Waals surface area contributed by atoms with Crippen molar-refractivity contribution in [3.05, 3.63) is 118 Å². The van der Waals surface area contributed by atoms with Crippen molar-refractivity contribution in [1.29, 1.82) is 0 Å². The summed E-state index contributed by atoms with van der Waals surface area (Å²) in [6.45, 7) is 0. The highest BCUT2D eigenvalue weighted by Gasteiger charge is 2.32. The highest BCUT2D eigenvalue weighted by molar-refractivity contribution is 9.10. The normalized spacial score (nSPS) is 13.1. The van der Waals surface area contributed by atoms with E-state index in [1.54, 1.807) is 0 Å². The Bertz CT molecular complexity index is 1320. The third-order valence-corrected chi connectivity index (χ3v) is 6.60. The van der Waals surface area contributed by atoms with Crippen LogP contribution in [-0.4, -0.2) is 0 Å². The summed E-state index contributed by atoms with van der Waals surface area (Å²) >= 11 is 3.82. The predicted octanol–water partition coefficient (Wildman–Crippen LogP) is 8.04. The van der Waals surface area contributed by atoms with Crippen LogP contribution in [0, 0.1) is 0 Å². The van der Waals surface area contributed by atoms with Crippen molar-refractivity contribution in [2.75, 3.05) is 0 Å². The summed E-state index contributed by atoms with van der Waals surface area (Å²) in [5.41, 5.74) is 3.73. The maximum atomic E-state index is 6.47. The Labute approximate surface area is 177 Å². The van der Waals surface area contributed by atoms with E-state index in [1.807, 2.05) is 0 Å². The minimum Gasteiger partial charge on any atom is -0.457 e. The zero-order valence-electron chi connectivity index (χ0n) is 15.6. The first kappa shape index (κ1) is 16.8. The summed E-state index contributed by atoms with van der Waals surface area (Å²) in [6, 6.07) is 34.2. The van der Waals surface area contributed by atoms with Crippen LogP contribution in [0.1, 0.15) is 22.6 Å². The molecule has 1 aliphatic heterocycles. The largest absolute Gasteiger partial charge is 0.457 e. The lowest BCUT2D eigenvalue weighted by Crippen LogP contribution is -2.13. The molecule has 0 saturated carbocycles. The van der Waals surface area contributed by atoms with Crippen molar-refractivity contribution < 1.29 is 4.74 Å². The van der Waals surface area contributed by atoms with Crippen LogP contribution in [0.15, 0.2) is 102 Å². The molecule has 0 radical (unpaired) electrons. The second kappa shape index (κ2) is 6.47. The van der Waals surface area contributed by atoms with Crippen LogP contribution in [-0.2, 0) is 0 Å². The predicted molar refractivity (Wildman–Crippen MR) is 123 cm³/mol. The molecule has 0 aliphatic carbocycles. The fourth-order valence-corrected chi connectivity index (χ4v) is 5.12. The molecule has 1 nitrogen and oxygen atoms in total. The SMILES string of the molecule is Brc1ccccc1C1c2c(ccc3ccccc23)Oc2ccc3ccccc3c21. The third kappa shape index (κ3) is 2.53. The van der Waals surface area contributed by atoms with Crippen molar-refractivity contribution in [2.24, 2.45) is 0 Å². The molecule has 0 atom stereocenters. The molecule has 0 spiro atoms. The van der Waals surface area contributed by atoms with Gasteiger partial charge >= 0.3 is 0 Å². The van der Waals surface area contributed by atoms with Crippen molar-refractivity contribution in [3.63, 3.8) is 0 Å². The van der Waals surface area contributed by atoms with E-state index in [1.165, 1.54) is 38.2 Å². The molecule has 0 saturated heterocycles. The molecule has 0 fully saturated rings. The lowest BCUT2D eigenvalue weighted by Gasteiger charge is -2.31. The fourth-order valence-electron chi connectivity index (χ4n) is 4.61. The second-order valence-corrected chi connectivity index (χ2v) is 8.31. The van der Waals surface area contributed by atoms with Gasteiger partial charge in [-0.3, -0.25) is 0 Å². The Morgan fingerprint density at radius 2 is 1.07 bits per heavy atom. The van der Waals surface area contributed by atoms with Crippen LogP contribution in [0.5, 0.6) is 11.5 Å². The number of halogens is 1. The van der Waals surface area contributed by atoms with Crippen LogP contribution in [0.25, 0.3) is 21.5 Å². The molecule has 29 heavy (non-hydrogen) atoms. The highest BCUT2D eigenvalue weighted by atomic mass is 79.9. The van der Waals surface area contributed by atoms with Gasteiger partial charge in [0.05, 0.1) is 0 Å². The number of ether oxygens (including phenoxy) is 1. The molecule has 138 valence electrons. The second-order valence-electron chi connectivity index (χ2n) is 7.45. The van der Waals surface area contributed by atoms with E-state index in [0.29, 0.717) is 0 Å². The van der Waals surface area contributed by atoms with Gasteiger partial charge in [-0.15, -0.1) is 0 Å². The van der Waals surface area contributed by atoms with Crippen LogP contribution >= 0.6 is 15.9 Å². The van der Waals surface area contributed by atoms with Gasteiger partial charge in [0.1, 0.15) is 11.5 Å². The van der Waals surface area contributed by atoms with E-state index in [2.05, 4.69) is 113 Å². The van der Waals surface area contributed by atoms with Gasteiger partial charge in [0, 0.05) is 21.5 Å². The topological polar surface area (TPSA) is 9.23 Å². The van der Waals surface area contributed by atoms with Crippen molar-refractivity contribution >= 4 is 37.5 Å². The molecule has 0 aromatic heterocycles. The zero-order valence-corrected chi connectivity index (χ0v) is 17.2. The monoisotopic (exact) mass is 436 g/mol. The Balaban J connectivity index is 1.78. The minimum absolute atomic E-state index is 0.0847. The third-order valence-electron chi connectivity index (χ3n) is 5.87. The fraction of sp³-hybridized carbons (Fsp3) is 0.0370. The Kier molecular flexibility index (Phi) is 3.75. The van der Waals surface area contributed by atoms with Crippen LogP contribution in [0.3, 0.4) is 0 Å². The first-order valence-electron chi connectivity index (χ1n) is 9.77. The summed E-state index contributed by atoms with van der Waals surface area (Å²) in [4.78, 5) is 0. The van der Waals surface area contributed by atoms with Gasteiger partial charge < -0.3 is 4.74 Å². The lowest BCUT2D eigenvalue weighted by molar-refractivity contribution is 0.456. The standard InChI is InChI=1S/C27H17BrO/c28-22-12-6-5-11-21(22)27-25-19-9-3-1-7-17(19)13-15-23(25)29-24-16-14-18-8-2-4-10-20(18)26(24)27/h1-16,27H. The maximum Gasteiger partial charge on any atom is 0.132 e. The van der Waals surface area contributed by atoms with Gasteiger partial charge in [0.2, 0.25) is 0 Å². The summed E-state index contributed by atoms with van der Waals surface area (Å²) in [5.74, 6) is 1.96. The zero-order chi connectivity index (χ0) is 19.4. The Hall–Kier alpha value is -3.10. The summed E-state index contributed by atoms with van der Waals surface area (Å²) in [5, 5.41) is 4.94. The first-order valence-corrected chi connectivity index (χ1v) is 10.6. The van der Waals surface area contributed by atoms with Gasteiger partial charge in [0.15, 0.2) is 0 Å². The average molecular weight is 437 g/mol. The summed E-state index contributed by atoms with van der Waals surface area (Å²) < 4.78 is 7.59. The number of rotatable bonds is 1. The molecule has 2 heteroatoms. The highest BCUT2D eigenvalue weighted by Crippen LogP contribution is 2.53. The number of hydrogen-bond donors (Lipinski definition) is 0. The molecular formula is C27H17BrO. The molecule has 0 amide bonds. The van der Waals surface area contributed by atoms with Gasteiger partial charge in [-0.1, -0.05) is 94.8 Å². The first-order chi connectivity index (χ1) is 14.3. The maximum absolute atomic E-state index is 6.47. The van der Waals surface area contributed by atoms with E-state index in [-0.39, 0.29) is 5.92 Å². The Morgan fingerprint density at radius 1 is 0.552 bits per heavy atom. The molecule has 0 unspecified atom stereocenters. The van der Waals surface area contributed by atoms with Gasteiger partial charge in [0.25, 0.3) is 0 Å². The van der Waals surface area contributed by atoms with Gasteiger partial charge in [-0.25, -0.2) is 0 Å². The van der Waals surface area contributed by atoms with Crippen molar-refractivity contribution in [1.82, 2.24) is 0 Å². The molecule has 5 aromatic carbocycles. The van der Waals surface area contributed by atoms with Crippen molar-refractivity contribution in [2.45, 2.75) is 5.92 Å². The Morgan fingerprint density at radius 3 is 1.66 bits per heavy atom. The summed E-state index contributed by atoms with van der Waals surface area (Å²) in [6.07, 6.45) is 0. The van der Waals surface area contributed by atoms with Crippen molar-refractivity contribution in [3.8, 4) is 11.5 Å². The van der Waals surface area contributed by atoms with E-state index in [4.69, 9.17) is 4.74 Å². The van der Waals surface area contributed by atoms with Gasteiger partial charge in [-0.05, 0) is 45.3 Å². The lowest BCUT2D eigenvalue weighted by atomic mass is 9.78. The molecular weight excluding hydrogens is 420 g/mol. The molecule has 6 rings (SSSR count). The van der Waals surface area contributed by atoms with Crippen LogP contribution in [0.2, 0.25) is 0 Å². The van der Waals surface area contributed by atoms with Crippen LogP contribution < -0.4 is 4.74 Å². The minimum atomic E-state index is 0.0847.